The molecule has 2 N–H and O–H groups in total. The van der Waals surface area contributed by atoms with Crippen molar-refractivity contribution >= 4 is 11.5 Å². The van der Waals surface area contributed by atoms with Gasteiger partial charge in [-0.2, -0.15) is 4.37 Å². The highest BCUT2D eigenvalue weighted by molar-refractivity contribution is 7.03. The zero-order chi connectivity index (χ0) is 9.26. The van der Waals surface area contributed by atoms with Gasteiger partial charge in [0, 0.05) is 5.38 Å². The van der Waals surface area contributed by atoms with Crippen LogP contribution in [0.2, 0.25) is 0 Å². The first-order chi connectivity index (χ1) is 6.29. The van der Waals surface area contributed by atoms with E-state index in [4.69, 9.17) is 10.2 Å². The molecule has 0 amide bonds. The van der Waals surface area contributed by atoms with Gasteiger partial charge in [-0.05, 0) is 36.2 Å². The van der Waals surface area contributed by atoms with Crippen molar-refractivity contribution in [1.29, 1.82) is 0 Å². The Bertz CT molecular complexity index is 380. The molecule has 0 fully saturated rings. The fourth-order valence-electron chi connectivity index (χ4n) is 1.22. The quantitative estimate of drug-likeness (QED) is 0.796. The minimum Gasteiger partial charge on any atom is -0.467 e. The maximum absolute atomic E-state index is 5.96. The van der Waals surface area contributed by atoms with E-state index in [1.807, 2.05) is 24.4 Å². The lowest BCUT2D eigenvalue weighted by molar-refractivity contribution is 0.484. The van der Waals surface area contributed by atoms with Crippen LogP contribution in [-0.2, 0) is 0 Å². The highest BCUT2D eigenvalue weighted by atomic mass is 32.1. The molecule has 0 radical (unpaired) electrons. The predicted molar refractivity (Wildman–Crippen MR) is 51.6 cm³/mol. The number of nitrogens with zero attached hydrogens (tertiary/aromatic N) is 1. The standard InChI is InChI=1S/C9H10N2OS/c1-6-2-4-12-9(6)8(10)7-3-5-13-11-7/h2-5,8H,10H2,1H3. The van der Waals surface area contributed by atoms with Crippen LogP contribution >= 0.6 is 11.5 Å². The number of nitrogens with two attached hydrogens (primary N) is 1. The van der Waals surface area contributed by atoms with Crippen molar-refractivity contribution < 1.29 is 4.42 Å². The summed E-state index contributed by atoms with van der Waals surface area (Å²) in [5, 5.41) is 1.91. The van der Waals surface area contributed by atoms with Crippen LogP contribution in [0.3, 0.4) is 0 Å². The Labute approximate surface area is 80.4 Å². The molecular formula is C9H10N2OS. The van der Waals surface area contributed by atoms with Gasteiger partial charge in [0.15, 0.2) is 0 Å². The molecule has 68 valence electrons. The second-order valence-corrected chi connectivity index (χ2v) is 3.54. The molecule has 3 nitrogen and oxygen atoms in total. The highest BCUT2D eigenvalue weighted by Crippen LogP contribution is 2.22. The van der Waals surface area contributed by atoms with Gasteiger partial charge < -0.3 is 10.2 Å². The summed E-state index contributed by atoms with van der Waals surface area (Å²) < 4.78 is 9.46. The molecule has 2 heterocycles. The fraction of sp³-hybridized carbons (Fsp3) is 0.222. The Morgan fingerprint density at radius 3 is 2.92 bits per heavy atom. The molecule has 2 aromatic heterocycles. The zero-order valence-electron chi connectivity index (χ0n) is 7.23. The topological polar surface area (TPSA) is 52.0 Å². The van der Waals surface area contributed by atoms with Crippen molar-refractivity contribution in [3.8, 4) is 0 Å². The summed E-state index contributed by atoms with van der Waals surface area (Å²) in [6.45, 7) is 1.98. The van der Waals surface area contributed by atoms with Crippen LogP contribution < -0.4 is 5.73 Å². The summed E-state index contributed by atoms with van der Waals surface area (Å²) in [5.41, 5.74) is 7.89. The molecule has 0 aliphatic heterocycles. The van der Waals surface area contributed by atoms with Crippen molar-refractivity contribution in [3.63, 3.8) is 0 Å². The second kappa shape index (κ2) is 3.32. The van der Waals surface area contributed by atoms with Crippen molar-refractivity contribution in [1.82, 2.24) is 4.37 Å². The molecule has 2 aromatic rings. The maximum atomic E-state index is 5.96. The normalized spacial score (nSPS) is 13.1. The molecule has 0 bridgehead atoms. The zero-order valence-corrected chi connectivity index (χ0v) is 8.04. The van der Waals surface area contributed by atoms with Crippen molar-refractivity contribution in [2.45, 2.75) is 13.0 Å². The molecule has 0 saturated heterocycles. The van der Waals surface area contributed by atoms with Gasteiger partial charge in [-0.3, -0.25) is 0 Å². The van der Waals surface area contributed by atoms with Crippen LogP contribution in [0.5, 0.6) is 0 Å². The monoisotopic (exact) mass is 194 g/mol. The van der Waals surface area contributed by atoms with E-state index in [2.05, 4.69) is 4.37 Å². The molecule has 1 atom stereocenters. The molecule has 0 spiro atoms. The Morgan fingerprint density at radius 2 is 2.38 bits per heavy atom. The number of furan rings is 1. The van der Waals surface area contributed by atoms with Crippen LogP contribution in [0.4, 0.5) is 0 Å². The first kappa shape index (κ1) is 8.47. The van der Waals surface area contributed by atoms with E-state index in [1.54, 1.807) is 6.26 Å². The van der Waals surface area contributed by atoms with Crippen molar-refractivity contribution in [2.24, 2.45) is 5.73 Å². The minimum atomic E-state index is -0.235. The van der Waals surface area contributed by atoms with E-state index < -0.39 is 0 Å². The molecule has 0 aliphatic rings. The van der Waals surface area contributed by atoms with Gasteiger partial charge in [-0.25, -0.2) is 0 Å². The molecule has 0 aliphatic carbocycles. The minimum absolute atomic E-state index is 0.235. The van der Waals surface area contributed by atoms with Gasteiger partial charge in [-0.15, -0.1) is 0 Å². The summed E-state index contributed by atoms with van der Waals surface area (Å²) in [4.78, 5) is 0. The molecule has 13 heavy (non-hydrogen) atoms. The Balaban J connectivity index is 2.33. The fourth-order valence-corrected chi connectivity index (χ4v) is 1.78. The smallest absolute Gasteiger partial charge is 0.129 e. The average Bonchev–Trinajstić information content (AvgIpc) is 2.72. The van der Waals surface area contributed by atoms with Gasteiger partial charge in [-0.1, -0.05) is 0 Å². The van der Waals surface area contributed by atoms with Gasteiger partial charge in [0.2, 0.25) is 0 Å². The van der Waals surface area contributed by atoms with Crippen LogP contribution in [0.15, 0.2) is 28.2 Å². The molecule has 4 heteroatoms. The lowest BCUT2D eigenvalue weighted by Crippen LogP contribution is -2.12. The molecule has 2 rings (SSSR count). The van der Waals surface area contributed by atoms with Gasteiger partial charge in [0.1, 0.15) is 11.8 Å². The van der Waals surface area contributed by atoms with Gasteiger partial charge >= 0.3 is 0 Å². The molecule has 0 saturated carbocycles. The van der Waals surface area contributed by atoms with Gasteiger partial charge in [0.05, 0.1) is 12.0 Å². The summed E-state index contributed by atoms with van der Waals surface area (Å²) in [5.74, 6) is 0.797. The number of rotatable bonds is 2. The van der Waals surface area contributed by atoms with E-state index in [0.29, 0.717) is 0 Å². The van der Waals surface area contributed by atoms with E-state index in [-0.39, 0.29) is 6.04 Å². The largest absolute Gasteiger partial charge is 0.467 e. The van der Waals surface area contributed by atoms with Crippen LogP contribution in [0.25, 0.3) is 0 Å². The maximum Gasteiger partial charge on any atom is 0.129 e. The van der Waals surface area contributed by atoms with Crippen LogP contribution in [-0.4, -0.2) is 4.37 Å². The van der Waals surface area contributed by atoms with Gasteiger partial charge in [0.25, 0.3) is 0 Å². The third-order valence-electron chi connectivity index (χ3n) is 1.96. The highest BCUT2D eigenvalue weighted by Gasteiger charge is 2.15. The van der Waals surface area contributed by atoms with Crippen molar-refractivity contribution in [2.75, 3.05) is 0 Å². The van der Waals surface area contributed by atoms with E-state index in [9.17, 15) is 0 Å². The number of hydrogen-bond donors (Lipinski definition) is 1. The molecular weight excluding hydrogens is 184 g/mol. The molecule has 1 unspecified atom stereocenters. The van der Waals surface area contributed by atoms with Crippen molar-refractivity contribution in [3.05, 3.63) is 40.8 Å². The third-order valence-corrected chi connectivity index (χ3v) is 2.53. The summed E-state index contributed by atoms with van der Waals surface area (Å²) >= 11 is 1.40. The number of aromatic nitrogens is 1. The Morgan fingerprint density at radius 1 is 1.54 bits per heavy atom. The molecule has 0 aromatic carbocycles. The summed E-state index contributed by atoms with van der Waals surface area (Å²) in [7, 11) is 0. The first-order valence-corrected chi connectivity index (χ1v) is 4.82. The second-order valence-electron chi connectivity index (χ2n) is 2.87. The number of aryl methyl sites for hydroxylation is 1. The number of hydrogen-bond acceptors (Lipinski definition) is 4. The SMILES string of the molecule is Cc1ccoc1C(N)c1ccsn1. The lowest BCUT2D eigenvalue weighted by atomic mass is 10.1. The Hall–Kier alpha value is -1.13. The first-order valence-electron chi connectivity index (χ1n) is 3.99. The summed E-state index contributed by atoms with van der Waals surface area (Å²) in [6, 6.07) is 3.58. The summed E-state index contributed by atoms with van der Waals surface area (Å²) in [6.07, 6.45) is 1.65. The van der Waals surface area contributed by atoms with E-state index in [1.165, 1.54) is 11.5 Å². The van der Waals surface area contributed by atoms with Crippen LogP contribution in [0, 0.1) is 6.92 Å². The van der Waals surface area contributed by atoms with E-state index >= 15 is 0 Å². The average molecular weight is 194 g/mol. The predicted octanol–water partition coefficient (Wildman–Crippen LogP) is 2.09. The van der Waals surface area contributed by atoms with E-state index in [0.717, 1.165) is 17.0 Å². The Kier molecular flexibility index (Phi) is 2.16. The van der Waals surface area contributed by atoms with Crippen LogP contribution in [0.1, 0.15) is 23.1 Å². The third kappa shape index (κ3) is 1.50. The lowest BCUT2D eigenvalue weighted by Gasteiger charge is -2.05.